The van der Waals surface area contributed by atoms with Crippen molar-refractivity contribution >= 4 is 17.5 Å². The average molecular weight is 225 g/mol. The van der Waals surface area contributed by atoms with Gasteiger partial charge in [-0.1, -0.05) is 0 Å². The van der Waals surface area contributed by atoms with Crippen LogP contribution in [0.1, 0.15) is 6.92 Å². The number of anilines is 1. The smallest absolute Gasteiger partial charge is 0.326 e. The number of rotatable bonds is 4. The molecule has 0 aliphatic carbocycles. The molecule has 86 valence electrons. The third kappa shape index (κ3) is 2.44. The van der Waals surface area contributed by atoms with Crippen molar-refractivity contribution in [2.75, 3.05) is 11.9 Å². The van der Waals surface area contributed by atoms with E-state index in [4.69, 9.17) is 5.11 Å². The third-order valence-electron chi connectivity index (χ3n) is 2.24. The molecule has 0 amide bonds. The van der Waals surface area contributed by atoms with E-state index in [1.807, 2.05) is 0 Å². The van der Waals surface area contributed by atoms with Gasteiger partial charge in [-0.15, -0.1) is 0 Å². The van der Waals surface area contributed by atoms with Crippen LogP contribution in [0.5, 0.6) is 0 Å². The first-order chi connectivity index (χ1) is 7.43. The minimum atomic E-state index is -1.02. The molecule has 0 fully saturated rings. The van der Waals surface area contributed by atoms with Crippen molar-refractivity contribution in [3.05, 3.63) is 28.4 Å². The molecule has 1 unspecified atom stereocenters. The summed E-state index contributed by atoms with van der Waals surface area (Å²) in [5, 5.41) is 19.3. The highest BCUT2D eigenvalue weighted by molar-refractivity contribution is 5.77. The second-order valence-electron chi connectivity index (χ2n) is 3.25. The number of hydrogen-bond donors (Lipinski definition) is 1. The maximum atomic E-state index is 10.7. The third-order valence-corrected chi connectivity index (χ3v) is 2.24. The van der Waals surface area contributed by atoms with Crippen molar-refractivity contribution in [1.29, 1.82) is 0 Å². The number of carbonyl (C=O) groups is 1. The number of hydrogen-bond acceptors (Lipinski definition) is 5. The minimum Gasteiger partial charge on any atom is -0.480 e. The van der Waals surface area contributed by atoms with Crippen LogP contribution in [0.2, 0.25) is 0 Å². The molecule has 1 N–H and O–H groups in total. The van der Waals surface area contributed by atoms with Gasteiger partial charge in [0.05, 0.1) is 11.0 Å². The van der Waals surface area contributed by atoms with Gasteiger partial charge >= 0.3 is 5.97 Å². The van der Waals surface area contributed by atoms with Crippen LogP contribution in [-0.4, -0.2) is 34.1 Å². The van der Waals surface area contributed by atoms with Crippen LogP contribution in [0.3, 0.4) is 0 Å². The number of carboxylic acids is 1. The Hall–Kier alpha value is -2.18. The summed E-state index contributed by atoms with van der Waals surface area (Å²) in [6.45, 7) is 1.48. The molecule has 0 spiro atoms. The lowest BCUT2D eigenvalue weighted by molar-refractivity contribution is -0.384. The molecule has 1 heterocycles. The molecule has 16 heavy (non-hydrogen) atoms. The van der Waals surface area contributed by atoms with Crippen LogP contribution in [0.4, 0.5) is 11.5 Å². The first-order valence-electron chi connectivity index (χ1n) is 4.49. The van der Waals surface area contributed by atoms with Crippen LogP contribution >= 0.6 is 0 Å². The van der Waals surface area contributed by atoms with E-state index in [0.717, 1.165) is 0 Å². The average Bonchev–Trinajstić information content (AvgIpc) is 2.27. The van der Waals surface area contributed by atoms with Crippen molar-refractivity contribution in [3.63, 3.8) is 0 Å². The van der Waals surface area contributed by atoms with Crippen LogP contribution in [0.15, 0.2) is 18.3 Å². The lowest BCUT2D eigenvalue weighted by atomic mass is 10.3. The second-order valence-corrected chi connectivity index (χ2v) is 3.25. The fraction of sp³-hybridized carbons (Fsp3) is 0.333. The Balaban J connectivity index is 3.00. The summed E-state index contributed by atoms with van der Waals surface area (Å²) in [5.41, 5.74) is -0.116. The van der Waals surface area contributed by atoms with E-state index in [9.17, 15) is 14.9 Å². The Kier molecular flexibility index (Phi) is 3.39. The predicted octanol–water partition coefficient (Wildman–Crippen LogP) is 0.899. The minimum absolute atomic E-state index is 0.116. The molecule has 0 saturated carbocycles. The van der Waals surface area contributed by atoms with Gasteiger partial charge in [-0.2, -0.15) is 0 Å². The molecular formula is C9H11N3O4. The van der Waals surface area contributed by atoms with Crippen molar-refractivity contribution in [2.24, 2.45) is 0 Å². The van der Waals surface area contributed by atoms with Gasteiger partial charge in [0.15, 0.2) is 0 Å². The van der Waals surface area contributed by atoms with Crippen LogP contribution < -0.4 is 4.90 Å². The van der Waals surface area contributed by atoms with Crippen molar-refractivity contribution in [2.45, 2.75) is 13.0 Å². The highest BCUT2D eigenvalue weighted by Gasteiger charge is 2.19. The Bertz CT molecular complexity index is 421. The summed E-state index contributed by atoms with van der Waals surface area (Å²) >= 11 is 0. The monoisotopic (exact) mass is 225 g/mol. The summed E-state index contributed by atoms with van der Waals surface area (Å²) in [4.78, 5) is 25.9. The summed E-state index contributed by atoms with van der Waals surface area (Å²) in [5.74, 6) is -0.764. The Morgan fingerprint density at radius 1 is 1.69 bits per heavy atom. The van der Waals surface area contributed by atoms with Gasteiger partial charge in [0.1, 0.15) is 11.9 Å². The van der Waals surface area contributed by atoms with Crippen LogP contribution in [0.25, 0.3) is 0 Å². The molecule has 1 rings (SSSR count). The zero-order valence-corrected chi connectivity index (χ0v) is 8.82. The maximum Gasteiger partial charge on any atom is 0.326 e. The number of nitrogens with zero attached hydrogens (tertiary/aromatic N) is 3. The van der Waals surface area contributed by atoms with E-state index in [1.165, 1.54) is 37.2 Å². The lowest BCUT2D eigenvalue weighted by Gasteiger charge is -2.21. The number of aromatic nitrogens is 1. The standard InChI is InChI=1S/C9H11N3O4/c1-6(9(13)14)11(2)8-5-7(12(15)16)3-4-10-8/h3-6H,1-2H3,(H,13,14). The van der Waals surface area contributed by atoms with Crippen molar-refractivity contribution in [3.8, 4) is 0 Å². The summed E-state index contributed by atoms with van der Waals surface area (Å²) in [7, 11) is 1.52. The maximum absolute atomic E-state index is 10.7. The molecule has 0 aliphatic heterocycles. The molecule has 7 heteroatoms. The molecule has 0 saturated heterocycles. The molecular weight excluding hydrogens is 214 g/mol. The normalized spacial score (nSPS) is 11.9. The van der Waals surface area contributed by atoms with Gasteiger partial charge in [0.2, 0.25) is 0 Å². The fourth-order valence-electron chi connectivity index (χ4n) is 1.08. The molecule has 7 nitrogen and oxygen atoms in total. The van der Waals surface area contributed by atoms with Gasteiger partial charge < -0.3 is 10.0 Å². The summed E-state index contributed by atoms with van der Waals surface area (Å²) < 4.78 is 0. The Morgan fingerprint density at radius 3 is 2.81 bits per heavy atom. The van der Waals surface area contributed by atoms with Gasteiger partial charge in [-0.25, -0.2) is 9.78 Å². The van der Waals surface area contributed by atoms with Gasteiger partial charge in [0, 0.05) is 19.3 Å². The quantitative estimate of drug-likeness (QED) is 0.604. The van der Waals surface area contributed by atoms with Crippen molar-refractivity contribution in [1.82, 2.24) is 4.98 Å². The van der Waals surface area contributed by atoms with E-state index >= 15 is 0 Å². The number of aliphatic carboxylic acids is 1. The van der Waals surface area contributed by atoms with Crippen LogP contribution in [-0.2, 0) is 4.79 Å². The Morgan fingerprint density at radius 2 is 2.31 bits per heavy atom. The molecule has 0 radical (unpaired) electrons. The van der Waals surface area contributed by atoms with E-state index in [-0.39, 0.29) is 11.5 Å². The first kappa shape index (κ1) is 11.9. The number of likely N-dealkylation sites (N-methyl/N-ethyl adjacent to an activating group) is 1. The Labute approximate surface area is 91.5 Å². The summed E-state index contributed by atoms with van der Waals surface area (Å²) in [6.07, 6.45) is 1.28. The van der Waals surface area contributed by atoms with Crippen molar-refractivity contribution < 1.29 is 14.8 Å². The SMILES string of the molecule is CC(C(=O)O)N(C)c1cc([N+](=O)[O-])ccn1. The van der Waals surface area contributed by atoms with E-state index in [2.05, 4.69) is 4.98 Å². The molecule has 0 aliphatic rings. The molecule has 1 aromatic rings. The zero-order chi connectivity index (χ0) is 12.3. The number of nitro groups is 1. The van der Waals surface area contributed by atoms with Gasteiger partial charge in [-0.05, 0) is 6.92 Å². The predicted molar refractivity (Wildman–Crippen MR) is 56.4 cm³/mol. The van der Waals surface area contributed by atoms with Gasteiger partial charge in [0.25, 0.3) is 5.69 Å². The summed E-state index contributed by atoms with van der Waals surface area (Å²) in [6, 6.07) is 1.69. The topological polar surface area (TPSA) is 96.6 Å². The second kappa shape index (κ2) is 4.56. The first-order valence-corrected chi connectivity index (χ1v) is 4.49. The number of carboxylic acid groups (broad SMARTS) is 1. The van der Waals surface area contributed by atoms with E-state index in [1.54, 1.807) is 0 Å². The highest BCUT2D eigenvalue weighted by atomic mass is 16.6. The molecule has 1 atom stereocenters. The fourth-order valence-corrected chi connectivity index (χ4v) is 1.08. The molecule has 0 aromatic carbocycles. The molecule has 0 bridgehead atoms. The van der Waals surface area contributed by atoms with E-state index < -0.39 is 16.9 Å². The zero-order valence-electron chi connectivity index (χ0n) is 8.82. The van der Waals surface area contributed by atoms with E-state index in [0.29, 0.717) is 0 Å². The van der Waals surface area contributed by atoms with Gasteiger partial charge in [-0.3, -0.25) is 10.1 Å². The van der Waals surface area contributed by atoms with Crippen LogP contribution in [0, 0.1) is 10.1 Å². The molecule has 1 aromatic heterocycles. The highest BCUT2D eigenvalue weighted by Crippen LogP contribution is 2.18. The number of pyridine rings is 1. The lowest BCUT2D eigenvalue weighted by Crippen LogP contribution is -2.36. The largest absolute Gasteiger partial charge is 0.480 e.